The second kappa shape index (κ2) is 12.7. The molecule has 0 bridgehead atoms. The number of piperidine rings is 1. The van der Waals surface area contributed by atoms with Crippen molar-refractivity contribution in [2.45, 2.75) is 45.1 Å². The Kier molecular flexibility index (Phi) is 9.34. The summed E-state index contributed by atoms with van der Waals surface area (Å²) < 4.78 is 0. The summed E-state index contributed by atoms with van der Waals surface area (Å²) in [5.41, 5.74) is 1.14. The summed E-state index contributed by atoms with van der Waals surface area (Å²) in [5, 5.41) is 3.63. The first-order valence-electron chi connectivity index (χ1n) is 13.4. The molecule has 1 aromatic carbocycles. The van der Waals surface area contributed by atoms with Gasteiger partial charge in [-0.15, -0.1) is 0 Å². The van der Waals surface area contributed by atoms with Crippen LogP contribution in [0.2, 0.25) is 0 Å². The minimum absolute atomic E-state index is 0.0282. The Balaban J connectivity index is 1.38. The van der Waals surface area contributed by atoms with Crippen molar-refractivity contribution in [3.05, 3.63) is 71.3 Å². The molecular formula is C30H37ClN4O3. The SMILES string of the molecule is C=C(Cl)/C=C\C(=C/C)CN1C(=O)CN=CC2(CCN(CC[C@H](NC(=O)C3CC3)c3ccccc3)CC2)C1=O. The number of rotatable bonds is 10. The highest BCUT2D eigenvalue weighted by atomic mass is 35.5. The van der Waals surface area contributed by atoms with Crippen LogP contribution in [0.15, 0.2) is 70.7 Å². The minimum Gasteiger partial charge on any atom is -0.349 e. The summed E-state index contributed by atoms with van der Waals surface area (Å²) in [4.78, 5) is 47.1. The number of nitrogens with zero attached hydrogens (tertiary/aromatic N) is 3. The van der Waals surface area contributed by atoms with Gasteiger partial charge in [-0.2, -0.15) is 0 Å². The number of aliphatic imine (C=N–C) groups is 1. The highest BCUT2D eigenvalue weighted by Crippen LogP contribution is 2.35. The highest BCUT2D eigenvalue weighted by molar-refractivity contribution is 6.30. The average Bonchev–Trinajstić information content (AvgIpc) is 3.78. The van der Waals surface area contributed by atoms with Crippen molar-refractivity contribution in [1.29, 1.82) is 0 Å². The predicted molar refractivity (Wildman–Crippen MR) is 151 cm³/mol. The molecule has 1 spiro atoms. The van der Waals surface area contributed by atoms with E-state index in [1.807, 2.05) is 31.2 Å². The Hall–Kier alpha value is -3.03. The number of carbonyl (C=O) groups excluding carboxylic acids is 3. The summed E-state index contributed by atoms with van der Waals surface area (Å²) in [7, 11) is 0. The maximum absolute atomic E-state index is 13.7. The van der Waals surface area contributed by atoms with Crippen LogP contribution < -0.4 is 5.32 Å². The highest BCUT2D eigenvalue weighted by Gasteiger charge is 2.45. The number of benzene rings is 1. The molecule has 1 aliphatic carbocycles. The van der Waals surface area contributed by atoms with Crippen molar-refractivity contribution in [2.24, 2.45) is 16.3 Å². The number of carbonyl (C=O) groups is 3. The summed E-state index contributed by atoms with van der Waals surface area (Å²) in [5.74, 6) is -0.165. The lowest BCUT2D eigenvalue weighted by atomic mass is 9.78. The minimum atomic E-state index is -0.777. The Bertz CT molecular complexity index is 1130. The van der Waals surface area contributed by atoms with E-state index in [1.165, 1.54) is 4.90 Å². The number of likely N-dealkylation sites (tertiary alicyclic amines) is 1. The van der Waals surface area contributed by atoms with Crippen molar-refractivity contribution >= 4 is 35.5 Å². The van der Waals surface area contributed by atoms with Gasteiger partial charge in [-0.25, -0.2) is 0 Å². The van der Waals surface area contributed by atoms with E-state index in [0.29, 0.717) is 17.9 Å². The van der Waals surface area contributed by atoms with E-state index in [2.05, 4.69) is 33.9 Å². The maximum Gasteiger partial charge on any atom is 0.251 e. The molecule has 38 heavy (non-hydrogen) atoms. The number of imide groups is 1. The summed E-state index contributed by atoms with van der Waals surface area (Å²) in [6.07, 6.45) is 11.0. The number of halogens is 1. The Morgan fingerprint density at radius 3 is 2.55 bits per heavy atom. The van der Waals surface area contributed by atoms with Crippen LogP contribution in [0.4, 0.5) is 0 Å². The van der Waals surface area contributed by atoms with E-state index in [9.17, 15) is 14.4 Å². The summed E-state index contributed by atoms with van der Waals surface area (Å²) in [6.45, 7) is 7.93. The van der Waals surface area contributed by atoms with Crippen LogP contribution in [0.25, 0.3) is 0 Å². The van der Waals surface area contributed by atoms with E-state index in [0.717, 1.165) is 50.0 Å². The molecule has 0 radical (unpaired) electrons. The van der Waals surface area contributed by atoms with Gasteiger partial charge in [0.2, 0.25) is 11.8 Å². The molecule has 1 aromatic rings. The van der Waals surface area contributed by atoms with Crippen molar-refractivity contribution in [3.8, 4) is 0 Å². The molecule has 8 heteroatoms. The number of amides is 3. The third-order valence-electron chi connectivity index (χ3n) is 7.68. The van der Waals surface area contributed by atoms with E-state index >= 15 is 0 Å². The van der Waals surface area contributed by atoms with Crippen LogP contribution >= 0.6 is 11.6 Å². The van der Waals surface area contributed by atoms with E-state index < -0.39 is 5.41 Å². The second-order valence-corrected chi connectivity index (χ2v) is 10.9. The number of hydrogen-bond acceptors (Lipinski definition) is 5. The molecule has 2 heterocycles. The lowest BCUT2D eigenvalue weighted by Gasteiger charge is -2.40. The topological polar surface area (TPSA) is 82.1 Å². The van der Waals surface area contributed by atoms with E-state index in [-0.39, 0.29) is 42.8 Å². The standard InChI is InChI=1S/C30H37ClN4O3/c1-3-23(10-9-22(2)31)20-35-27(36)19-32-21-30(29(35)38)14-17-34(18-15-30)16-13-26(24-7-5-4-6-8-24)33-28(37)25-11-12-25/h3-10,21,25-26H,2,11-20H2,1H3,(H,33,37)/b10-9-,23-3+/t26-/m0/s1. The summed E-state index contributed by atoms with van der Waals surface area (Å²) in [6, 6.07) is 10.1. The largest absolute Gasteiger partial charge is 0.349 e. The zero-order chi connectivity index (χ0) is 27.1. The summed E-state index contributed by atoms with van der Waals surface area (Å²) >= 11 is 5.86. The van der Waals surface area contributed by atoms with Crippen LogP contribution in [0.5, 0.6) is 0 Å². The fourth-order valence-corrected chi connectivity index (χ4v) is 5.14. The molecule has 1 N–H and O–H groups in total. The molecular weight excluding hydrogens is 500 g/mol. The van der Waals surface area contributed by atoms with Crippen molar-refractivity contribution in [1.82, 2.24) is 15.1 Å². The van der Waals surface area contributed by atoms with Crippen LogP contribution in [-0.4, -0.2) is 66.5 Å². The molecule has 3 aliphatic rings. The third-order valence-corrected chi connectivity index (χ3v) is 7.80. The fourth-order valence-electron chi connectivity index (χ4n) is 5.07. The van der Waals surface area contributed by atoms with Crippen LogP contribution in [0.1, 0.15) is 50.6 Å². The smallest absolute Gasteiger partial charge is 0.251 e. The van der Waals surface area contributed by atoms with Crippen molar-refractivity contribution in [3.63, 3.8) is 0 Å². The number of allylic oxidation sites excluding steroid dienone is 3. The Morgan fingerprint density at radius 2 is 1.92 bits per heavy atom. The predicted octanol–water partition coefficient (Wildman–Crippen LogP) is 4.42. The second-order valence-electron chi connectivity index (χ2n) is 10.4. The van der Waals surface area contributed by atoms with Gasteiger partial charge in [-0.05, 0) is 69.3 Å². The van der Waals surface area contributed by atoms with Gasteiger partial charge in [0.25, 0.3) is 5.91 Å². The zero-order valence-corrected chi connectivity index (χ0v) is 22.8. The van der Waals surface area contributed by atoms with Crippen molar-refractivity contribution in [2.75, 3.05) is 32.7 Å². The van der Waals surface area contributed by atoms with Gasteiger partial charge < -0.3 is 10.2 Å². The van der Waals surface area contributed by atoms with Gasteiger partial charge in [0.1, 0.15) is 6.54 Å². The maximum atomic E-state index is 13.7. The molecule has 1 saturated heterocycles. The average molecular weight is 537 g/mol. The molecule has 4 rings (SSSR count). The molecule has 0 unspecified atom stereocenters. The van der Waals surface area contributed by atoms with Gasteiger partial charge in [0.05, 0.1) is 18.0 Å². The first kappa shape index (κ1) is 28.0. The third kappa shape index (κ3) is 7.08. The molecule has 0 aromatic heterocycles. The Labute approximate surface area is 230 Å². The van der Waals surface area contributed by atoms with Crippen molar-refractivity contribution < 1.29 is 14.4 Å². The molecule has 1 saturated carbocycles. The molecule has 3 amide bonds. The van der Waals surface area contributed by atoms with Crippen LogP contribution in [-0.2, 0) is 14.4 Å². The quantitative estimate of drug-likeness (QED) is 0.354. The van der Waals surface area contributed by atoms with Crippen LogP contribution in [0.3, 0.4) is 0 Å². The van der Waals surface area contributed by atoms with E-state index in [1.54, 1.807) is 18.4 Å². The van der Waals surface area contributed by atoms with E-state index in [4.69, 9.17) is 11.6 Å². The number of nitrogens with one attached hydrogen (secondary N) is 1. The monoisotopic (exact) mass is 536 g/mol. The van der Waals surface area contributed by atoms with Gasteiger partial charge in [-0.3, -0.25) is 24.3 Å². The lowest BCUT2D eigenvalue weighted by molar-refractivity contribution is -0.148. The molecule has 2 aliphatic heterocycles. The zero-order valence-electron chi connectivity index (χ0n) is 22.1. The van der Waals surface area contributed by atoms with Gasteiger partial charge in [0, 0.05) is 23.7 Å². The molecule has 7 nitrogen and oxygen atoms in total. The molecule has 202 valence electrons. The first-order chi connectivity index (χ1) is 18.3. The van der Waals surface area contributed by atoms with Gasteiger partial charge >= 0.3 is 0 Å². The molecule has 2 fully saturated rings. The Morgan fingerprint density at radius 1 is 1.21 bits per heavy atom. The van der Waals surface area contributed by atoms with Gasteiger partial charge in [0.15, 0.2) is 0 Å². The first-order valence-corrected chi connectivity index (χ1v) is 13.8. The van der Waals surface area contributed by atoms with Gasteiger partial charge in [-0.1, -0.05) is 60.7 Å². The van der Waals surface area contributed by atoms with Crippen LogP contribution in [0, 0.1) is 11.3 Å². The molecule has 1 atom stereocenters. The lowest BCUT2D eigenvalue weighted by Crippen LogP contribution is -2.52. The number of hydrogen-bond donors (Lipinski definition) is 1. The normalized spacial score (nSPS) is 21.1. The fraction of sp³-hybridized carbons (Fsp3) is 0.467.